The molecular formula is C18H15N3O3S. The summed E-state index contributed by atoms with van der Waals surface area (Å²) in [5.41, 5.74) is 4.27. The Balaban J connectivity index is 1.67. The molecule has 2 aliphatic carbocycles. The maximum absolute atomic E-state index is 13.2. The molecule has 4 aliphatic heterocycles. The number of carbonyl (C=O) groups excluding carboxylic acids is 2. The first-order valence-electron chi connectivity index (χ1n) is 8.74. The second kappa shape index (κ2) is 3.79. The number of carbonyl (C=O) groups is 2. The van der Waals surface area contributed by atoms with Gasteiger partial charge in [0.2, 0.25) is 5.78 Å². The Kier molecular flexibility index (Phi) is 2.03. The number of hydrogen-bond acceptors (Lipinski definition) is 6. The molecule has 5 unspecified atom stereocenters. The number of aliphatic hydroxyl groups excluding tert-OH is 1. The highest BCUT2D eigenvalue weighted by Gasteiger charge is 2.68. The summed E-state index contributed by atoms with van der Waals surface area (Å²) in [6.45, 7) is 0.702. The summed E-state index contributed by atoms with van der Waals surface area (Å²) < 4.78 is 0. The highest BCUT2D eigenvalue weighted by Crippen LogP contribution is 2.67. The van der Waals surface area contributed by atoms with Gasteiger partial charge in [-0.2, -0.15) is 0 Å². The Morgan fingerprint density at radius 2 is 2.24 bits per heavy atom. The van der Waals surface area contributed by atoms with Crippen LogP contribution in [0.3, 0.4) is 0 Å². The summed E-state index contributed by atoms with van der Waals surface area (Å²) >= 11 is 1.61. The van der Waals surface area contributed by atoms with Gasteiger partial charge in [0.1, 0.15) is 6.04 Å². The lowest BCUT2D eigenvalue weighted by molar-refractivity contribution is -0.128. The Hall–Kier alpha value is -1.83. The van der Waals surface area contributed by atoms with E-state index in [0.717, 1.165) is 40.1 Å². The summed E-state index contributed by atoms with van der Waals surface area (Å²) in [4.78, 5) is 32.2. The molecule has 6 aliphatic rings. The number of aromatic amines is 1. The van der Waals surface area contributed by atoms with Crippen molar-refractivity contribution in [2.45, 2.75) is 36.4 Å². The minimum Gasteiger partial charge on any atom is -0.389 e. The lowest BCUT2D eigenvalue weighted by Crippen LogP contribution is -2.67. The van der Waals surface area contributed by atoms with E-state index in [1.807, 2.05) is 6.20 Å². The summed E-state index contributed by atoms with van der Waals surface area (Å²) in [5.74, 6) is 0.0593. The molecule has 5 atom stereocenters. The maximum atomic E-state index is 13.2. The van der Waals surface area contributed by atoms with Crippen molar-refractivity contribution in [3.63, 3.8) is 0 Å². The van der Waals surface area contributed by atoms with Gasteiger partial charge >= 0.3 is 0 Å². The number of fused-ring (bicyclic) bond motifs is 3. The zero-order valence-electron chi connectivity index (χ0n) is 13.2. The van der Waals surface area contributed by atoms with Crippen molar-refractivity contribution in [2.24, 2.45) is 5.41 Å². The minimum absolute atomic E-state index is 0.00582. The van der Waals surface area contributed by atoms with Crippen molar-refractivity contribution in [2.75, 3.05) is 6.54 Å². The number of aromatic nitrogens is 1. The second-order valence-electron chi connectivity index (χ2n) is 7.82. The van der Waals surface area contributed by atoms with Crippen molar-refractivity contribution in [3.05, 3.63) is 39.6 Å². The highest BCUT2D eigenvalue weighted by molar-refractivity contribution is 8.04. The number of ketones is 2. The number of nitrogens with zero attached hydrogens (tertiary/aromatic N) is 1. The molecule has 5 heterocycles. The smallest absolute Gasteiger partial charge is 0.200 e. The number of rotatable bonds is 0. The molecule has 7 heteroatoms. The molecule has 126 valence electrons. The predicted molar refractivity (Wildman–Crippen MR) is 90.7 cm³/mol. The number of piperidine rings is 1. The van der Waals surface area contributed by atoms with Gasteiger partial charge in [-0.25, -0.2) is 0 Å². The molecular weight excluding hydrogens is 338 g/mol. The van der Waals surface area contributed by atoms with E-state index in [4.69, 9.17) is 0 Å². The summed E-state index contributed by atoms with van der Waals surface area (Å²) in [6, 6.07) is -0.930. The number of Topliss-reactive ketones (excluding diaryl/α,β-unsaturated/α-hetero) is 1. The molecule has 1 aromatic rings. The SMILES string of the molecule is O=C1c2[nH]cc3c2C2=C4C1NC1CC45C(=CC(=O)C(C5O)N2CC3)S1. The van der Waals surface area contributed by atoms with Crippen LogP contribution in [-0.2, 0) is 11.2 Å². The van der Waals surface area contributed by atoms with Gasteiger partial charge in [-0.15, -0.1) is 11.8 Å². The van der Waals surface area contributed by atoms with Crippen LogP contribution in [0.2, 0.25) is 0 Å². The van der Waals surface area contributed by atoms with Gasteiger partial charge < -0.3 is 15.0 Å². The lowest BCUT2D eigenvalue weighted by Gasteiger charge is -2.58. The van der Waals surface area contributed by atoms with Crippen LogP contribution >= 0.6 is 11.8 Å². The fourth-order valence-electron chi connectivity index (χ4n) is 6.00. The van der Waals surface area contributed by atoms with Gasteiger partial charge in [0.05, 0.1) is 28.6 Å². The highest BCUT2D eigenvalue weighted by atomic mass is 32.2. The molecule has 2 saturated heterocycles. The Labute approximate surface area is 147 Å². The second-order valence-corrected chi connectivity index (χ2v) is 9.06. The first kappa shape index (κ1) is 13.4. The molecule has 1 aromatic heterocycles. The van der Waals surface area contributed by atoms with Crippen LogP contribution in [0.1, 0.15) is 28.0 Å². The maximum Gasteiger partial charge on any atom is 0.200 e. The van der Waals surface area contributed by atoms with E-state index in [9.17, 15) is 14.7 Å². The fraction of sp³-hybridized carbons (Fsp3) is 0.444. The first-order chi connectivity index (χ1) is 12.1. The third-order valence-corrected chi connectivity index (χ3v) is 8.24. The fourth-order valence-corrected chi connectivity index (χ4v) is 7.56. The molecule has 3 bridgehead atoms. The third kappa shape index (κ3) is 1.19. The average Bonchev–Trinajstić information content (AvgIpc) is 3.13. The van der Waals surface area contributed by atoms with Crippen LogP contribution in [0, 0.1) is 5.41 Å². The summed E-state index contributed by atoms with van der Waals surface area (Å²) in [7, 11) is 0. The number of aliphatic hydroxyl groups is 1. The van der Waals surface area contributed by atoms with E-state index in [1.54, 1.807) is 17.8 Å². The van der Waals surface area contributed by atoms with Crippen molar-refractivity contribution in [1.29, 1.82) is 0 Å². The summed E-state index contributed by atoms with van der Waals surface area (Å²) in [6.07, 6.45) is 4.44. The van der Waals surface area contributed by atoms with E-state index in [-0.39, 0.29) is 16.9 Å². The standard InChI is InChI=1S/C18H15N3O3S/c22-7-3-8-18-4-9(25-8)20-13-11(18)15-10-6(5-19-12(10)16(13)23)1-2-21(15)14(7)17(18)24/h3,5,9,13-14,17,19-20,24H,1-2,4H2. The van der Waals surface area contributed by atoms with Gasteiger partial charge in [0, 0.05) is 28.9 Å². The van der Waals surface area contributed by atoms with Crippen LogP contribution in [-0.4, -0.2) is 56.7 Å². The largest absolute Gasteiger partial charge is 0.389 e. The molecule has 2 fully saturated rings. The van der Waals surface area contributed by atoms with Crippen molar-refractivity contribution >= 4 is 29.0 Å². The van der Waals surface area contributed by atoms with E-state index >= 15 is 0 Å². The third-order valence-electron chi connectivity index (χ3n) is 6.91. The van der Waals surface area contributed by atoms with Gasteiger partial charge in [-0.3, -0.25) is 14.9 Å². The van der Waals surface area contributed by atoms with Crippen LogP contribution in [0.4, 0.5) is 0 Å². The molecule has 1 spiro atoms. The molecule has 7 rings (SSSR count). The number of nitrogens with one attached hydrogen (secondary N) is 2. The molecule has 0 radical (unpaired) electrons. The average molecular weight is 353 g/mol. The van der Waals surface area contributed by atoms with Crippen molar-refractivity contribution < 1.29 is 14.7 Å². The molecule has 25 heavy (non-hydrogen) atoms. The normalized spacial score (nSPS) is 42.1. The summed E-state index contributed by atoms with van der Waals surface area (Å²) in [5, 5.41) is 14.9. The number of hydrogen-bond donors (Lipinski definition) is 3. The van der Waals surface area contributed by atoms with Crippen LogP contribution in [0.15, 0.2) is 22.8 Å². The Morgan fingerprint density at radius 3 is 3.12 bits per heavy atom. The van der Waals surface area contributed by atoms with Crippen molar-refractivity contribution in [1.82, 2.24) is 15.2 Å². The van der Waals surface area contributed by atoms with Crippen LogP contribution < -0.4 is 5.32 Å². The van der Waals surface area contributed by atoms with Gasteiger partial charge in [0.15, 0.2) is 5.78 Å². The first-order valence-corrected chi connectivity index (χ1v) is 9.62. The molecule has 0 amide bonds. The van der Waals surface area contributed by atoms with E-state index < -0.39 is 23.6 Å². The molecule has 0 aromatic carbocycles. The topological polar surface area (TPSA) is 85.4 Å². The zero-order chi connectivity index (χ0) is 16.7. The number of H-pyrrole nitrogens is 1. The van der Waals surface area contributed by atoms with Crippen LogP contribution in [0.25, 0.3) is 5.70 Å². The van der Waals surface area contributed by atoms with Gasteiger partial charge in [-0.05, 0) is 30.1 Å². The zero-order valence-corrected chi connectivity index (χ0v) is 14.0. The molecule has 3 N–H and O–H groups in total. The van der Waals surface area contributed by atoms with E-state index in [1.165, 1.54) is 0 Å². The monoisotopic (exact) mass is 353 g/mol. The Bertz CT molecular complexity index is 992. The molecule has 0 saturated carbocycles. The minimum atomic E-state index is -0.768. The van der Waals surface area contributed by atoms with E-state index in [0.29, 0.717) is 12.2 Å². The van der Waals surface area contributed by atoms with Crippen molar-refractivity contribution in [3.8, 4) is 0 Å². The van der Waals surface area contributed by atoms with E-state index in [2.05, 4.69) is 15.2 Å². The molecule has 6 nitrogen and oxygen atoms in total. The van der Waals surface area contributed by atoms with Crippen LogP contribution in [0.5, 0.6) is 0 Å². The Morgan fingerprint density at radius 1 is 1.36 bits per heavy atom. The van der Waals surface area contributed by atoms with Gasteiger partial charge in [0.25, 0.3) is 0 Å². The predicted octanol–water partition coefficient (Wildman–Crippen LogP) is 0.411. The lowest BCUT2D eigenvalue weighted by atomic mass is 9.57. The van der Waals surface area contributed by atoms with Gasteiger partial charge in [-0.1, -0.05) is 0 Å². The quantitative estimate of drug-likeness (QED) is 0.627. The number of thioether (sulfide) groups is 1.